The maximum absolute atomic E-state index is 12.0. The number of esters is 5. The van der Waals surface area contributed by atoms with Crippen molar-refractivity contribution in [3.63, 3.8) is 0 Å². The van der Waals surface area contributed by atoms with Crippen LogP contribution >= 0.6 is 14.7 Å². The maximum Gasteiger partial charge on any atom is 0.338 e. The molecule has 29 nitrogen and oxygen atoms in total. The van der Waals surface area contributed by atoms with Crippen LogP contribution in [0.4, 0.5) is 5.69 Å². The fraction of sp³-hybridized carbons (Fsp3) is 0.698. The van der Waals surface area contributed by atoms with Crippen LogP contribution in [0, 0.1) is 29.6 Å². The van der Waals surface area contributed by atoms with E-state index in [0.717, 1.165) is 88.1 Å². The first-order chi connectivity index (χ1) is 52.0. The lowest BCUT2D eigenvalue weighted by molar-refractivity contribution is -0.151. The van der Waals surface area contributed by atoms with Gasteiger partial charge < -0.3 is 68.0 Å². The highest BCUT2D eigenvalue weighted by atomic mass is 32.2. The topological polar surface area (TPSA) is 380 Å². The van der Waals surface area contributed by atoms with Gasteiger partial charge in [-0.15, -0.1) is 0 Å². The van der Waals surface area contributed by atoms with Crippen molar-refractivity contribution in [2.24, 2.45) is 34.7 Å². The molecular formula is C86H164N6O23P2S. The summed E-state index contributed by atoms with van der Waals surface area (Å²) in [5.41, 5.74) is 9.70. The molecule has 0 aliphatic carbocycles. The molecule has 3 heterocycles. The van der Waals surface area contributed by atoms with Crippen LogP contribution in [-0.2, 0) is 111 Å². The summed E-state index contributed by atoms with van der Waals surface area (Å²) in [5, 5.41) is 7.47. The number of morpholine rings is 2. The molecule has 0 saturated carbocycles. The number of likely N-dealkylation sites (N-methyl/N-ethyl adjacent to an activating group) is 1. The second-order valence-electron chi connectivity index (χ2n) is 29.8. The van der Waals surface area contributed by atoms with Crippen LogP contribution in [0.5, 0.6) is 5.75 Å². The van der Waals surface area contributed by atoms with E-state index in [1.807, 2.05) is 125 Å². The maximum atomic E-state index is 12.0. The van der Waals surface area contributed by atoms with Crippen molar-refractivity contribution in [3.8, 4) is 5.75 Å². The van der Waals surface area contributed by atoms with Crippen molar-refractivity contribution >= 4 is 78.6 Å². The van der Waals surface area contributed by atoms with Gasteiger partial charge in [0, 0.05) is 90.3 Å². The number of sulfonamides is 1. The zero-order valence-electron chi connectivity index (χ0n) is 71.8. The van der Waals surface area contributed by atoms with Crippen LogP contribution in [0.25, 0.3) is 0 Å². The number of rotatable bonds is 28. The van der Waals surface area contributed by atoms with Crippen molar-refractivity contribution in [1.82, 2.24) is 20.0 Å². The predicted octanol–water partition coefficient (Wildman–Crippen LogP) is 16.4. The van der Waals surface area contributed by atoms with E-state index in [1.165, 1.54) is 45.0 Å². The monoisotopic (exact) mass is 1740 g/mol. The van der Waals surface area contributed by atoms with Crippen LogP contribution in [0.15, 0.2) is 77.7 Å². The van der Waals surface area contributed by atoms with Gasteiger partial charge in [-0.1, -0.05) is 212 Å². The summed E-state index contributed by atoms with van der Waals surface area (Å²) < 4.78 is 99.1. The number of carbonyl (C=O) groups excluding carboxylic acids is 8. The molecule has 5 N–H and O–H groups in total. The zero-order chi connectivity index (χ0) is 86.5. The van der Waals surface area contributed by atoms with E-state index in [0.29, 0.717) is 62.6 Å². The van der Waals surface area contributed by atoms with Crippen molar-refractivity contribution < 1.29 is 108 Å². The van der Waals surface area contributed by atoms with Crippen molar-refractivity contribution in [3.05, 3.63) is 89.5 Å². The van der Waals surface area contributed by atoms with E-state index in [9.17, 15) is 55.9 Å². The average Bonchev–Trinajstić information content (AvgIpc) is 0.913. The van der Waals surface area contributed by atoms with Gasteiger partial charge in [0.1, 0.15) is 19.0 Å². The van der Waals surface area contributed by atoms with Crippen LogP contribution in [0.3, 0.4) is 0 Å². The molecule has 0 bridgehead atoms. The van der Waals surface area contributed by atoms with E-state index in [-0.39, 0.29) is 109 Å². The molecule has 3 aromatic rings. The third-order valence-corrected chi connectivity index (χ3v) is 21.3. The second-order valence-corrected chi connectivity index (χ2v) is 37.9. The minimum Gasteiger partial charge on any atom is -0.464 e. The van der Waals surface area contributed by atoms with Gasteiger partial charge in [0.2, 0.25) is 35.4 Å². The lowest BCUT2D eigenvalue weighted by Crippen LogP contribution is -2.42. The van der Waals surface area contributed by atoms with E-state index < -0.39 is 62.2 Å². The Morgan fingerprint density at radius 1 is 0.602 bits per heavy atom. The quantitative estimate of drug-likeness (QED) is 0.0116. The lowest BCUT2D eigenvalue weighted by Gasteiger charge is -2.28. The highest BCUT2D eigenvalue weighted by molar-refractivity contribution is 7.89. The Balaban J connectivity index is -0.000000163. The fourth-order valence-corrected chi connectivity index (χ4v) is 10.00. The van der Waals surface area contributed by atoms with E-state index in [2.05, 4.69) is 53.5 Å². The molecule has 3 fully saturated rings. The summed E-state index contributed by atoms with van der Waals surface area (Å²) in [6.45, 7) is 52.3. The van der Waals surface area contributed by atoms with Gasteiger partial charge in [-0.25, -0.2) is 13.6 Å². The number of benzene rings is 3. The van der Waals surface area contributed by atoms with Crippen molar-refractivity contribution in [1.29, 1.82) is 0 Å². The highest BCUT2D eigenvalue weighted by Gasteiger charge is 2.31. The average molecular weight is 1740 g/mol. The Bertz CT molecular complexity index is 3290. The van der Waals surface area contributed by atoms with Gasteiger partial charge in [-0.3, -0.25) is 56.9 Å². The number of nitrogens with one attached hydrogen (secondary N) is 1. The number of hydrogen-bond acceptors (Lipinski definition) is 26. The van der Waals surface area contributed by atoms with Crippen LogP contribution < -0.4 is 20.9 Å². The van der Waals surface area contributed by atoms with Crippen LogP contribution in [0.1, 0.15) is 231 Å². The van der Waals surface area contributed by atoms with Crippen molar-refractivity contribution in [2.75, 3.05) is 132 Å². The molecule has 32 heteroatoms. The van der Waals surface area contributed by atoms with Crippen molar-refractivity contribution in [2.45, 2.75) is 250 Å². The van der Waals surface area contributed by atoms with E-state index in [1.54, 1.807) is 64.1 Å². The number of para-hydroxylation sites is 1. The fourth-order valence-electron chi connectivity index (χ4n) is 8.41. The summed E-state index contributed by atoms with van der Waals surface area (Å²) in [4.78, 5) is 93.6. The standard InChI is InChI=1S/C15H19NO5.C9H13NO2S.C9H13N.C9H17O7P.C9H16O3.C8H15NO2.C8H17NO2.C8H17NO.C5H13OP.6CH4/c1-10(2)15(19)21-13-6-4-12(5-7-13)8-14(20-9-17)16-11(3)18;1-7(2)8-3-5-9(6-4-8)13(10,11)12;1-7(2)8-5-3-4-6-9(8)10;1-7(2)17(12,15-5-13-8(3)10)16-6-14-9(4)11;1-7(2)9(10)12-6-8-4-3-5-11-8;1-7(2)8(10)9-3-5-11-6-4-9;1-7(2)8(10)11-6-5-9(3)4;1-8(2)7-9-3-5-10-6-4-9;1-5(2)7(3,4)6;;;;;;/h4-7,9-10,14H,8H2,1-3H3,(H,16,18);3-7H,1-2H3,(H2,10,11,12);3-7H,10H2,1-2H3;7H,5-6H2,1-4H3;7-8H,3-6H2,1-2H3;7H,3-6H2,1-2H3;7H,5-6H2,1-4H3;8H,3-7H2,1-2H3;5H,1-4H3;6*1H4/t14-;;;;;;;;;;;;;;/m0............../s1. The molecule has 3 aliphatic heterocycles. The third kappa shape index (κ3) is 68.0. The number of nitrogens with zero attached hydrogens (tertiary/aromatic N) is 3. The first-order valence-corrected chi connectivity index (χ1v) is 43.9. The van der Waals surface area contributed by atoms with Gasteiger partial charge in [0.25, 0.3) is 6.47 Å². The second kappa shape index (κ2) is 72.0. The normalized spacial score (nSPS) is 13.6. The molecule has 1 unspecified atom stereocenters. The molecule has 3 aromatic carbocycles. The summed E-state index contributed by atoms with van der Waals surface area (Å²) >= 11 is 0. The number of anilines is 1. The molecule has 0 spiro atoms. The first kappa shape index (κ1) is 129. The molecule has 0 radical (unpaired) electrons. The molecule has 0 aromatic heterocycles. The van der Waals surface area contributed by atoms with Gasteiger partial charge in [0.15, 0.2) is 6.23 Å². The highest BCUT2D eigenvalue weighted by Crippen LogP contribution is 2.52. The van der Waals surface area contributed by atoms with Gasteiger partial charge in [-0.05, 0) is 105 Å². The zero-order valence-corrected chi connectivity index (χ0v) is 74.4. The minimum absolute atomic E-state index is 0. The molecule has 3 aliphatic rings. The molecule has 2 amide bonds. The molecule has 118 heavy (non-hydrogen) atoms. The van der Waals surface area contributed by atoms with Gasteiger partial charge in [-0.2, -0.15) is 0 Å². The SMILES string of the molecule is C.C.C.C.C.C.CC(=O)N[C@H](Cc1ccc(OC(=O)C(C)C)cc1)OC=O.CC(=O)OCOP(=O)(OCOC(C)=O)C(C)C.CC(C)C(=O)N1CCOCC1.CC(C)C(=O)OCC1CCCO1.CC(C)C(=O)OCCN(C)C.CC(C)CN1CCOCC1.CC(C)P(C)(C)=O.CC(C)c1ccc(S(N)(=O)=O)cc1.CC(C)c1ccccc1N. The van der Waals surface area contributed by atoms with Crippen LogP contribution in [-0.4, -0.2) is 221 Å². The third-order valence-electron chi connectivity index (χ3n) is 15.7. The summed E-state index contributed by atoms with van der Waals surface area (Å²) in [5.74, 6) is 0.323. The number of carbonyl (C=O) groups is 8. The molecule has 2 atom stereocenters. The number of primary sulfonamides is 1. The lowest BCUT2D eigenvalue weighted by atomic mass is 10.0. The number of hydrogen-bond donors (Lipinski definition) is 3. The summed E-state index contributed by atoms with van der Waals surface area (Å²) in [7, 11) is -4.85. The van der Waals surface area contributed by atoms with E-state index >= 15 is 0 Å². The Kier molecular flexibility index (Phi) is 78.9. The largest absolute Gasteiger partial charge is 0.464 e. The smallest absolute Gasteiger partial charge is 0.338 e. The molecule has 3 saturated heterocycles. The van der Waals surface area contributed by atoms with E-state index in [4.69, 9.17) is 53.1 Å². The Morgan fingerprint density at radius 2 is 1.06 bits per heavy atom. The van der Waals surface area contributed by atoms with Gasteiger partial charge in [0.05, 0.1) is 68.0 Å². The Morgan fingerprint density at radius 3 is 1.41 bits per heavy atom. The molecule has 692 valence electrons. The number of nitrogen functional groups attached to an aromatic ring is 1. The molecular weight excluding hydrogens is 1580 g/mol. The summed E-state index contributed by atoms with van der Waals surface area (Å²) in [6, 6.07) is 21.4. The van der Waals surface area contributed by atoms with Gasteiger partial charge >= 0.3 is 37.4 Å². The number of ether oxygens (including phenoxy) is 9. The minimum atomic E-state index is -3.55. The number of amides is 2. The Labute approximate surface area is 714 Å². The summed E-state index contributed by atoms with van der Waals surface area (Å²) in [6.07, 6.45) is 1.86. The molecule has 6 rings (SSSR count). The predicted molar refractivity (Wildman–Crippen MR) is 479 cm³/mol. The van der Waals surface area contributed by atoms with Crippen LogP contribution in [0.2, 0.25) is 0 Å². The number of nitrogens with two attached hydrogens (primary N) is 2. The first-order valence-electron chi connectivity index (χ1n) is 38.1. The Hall–Kier alpha value is -6.69.